The number of carboxylic acids is 1. The molecule has 0 unspecified atom stereocenters. The predicted molar refractivity (Wildman–Crippen MR) is 83.7 cm³/mol. The van der Waals surface area contributed by atoms with Gasteiger partial charge in [0.2, 0.25) is 0 Å². The summed E-state index contributed by atoms with van der Waals surface area (Å²) in [6, 6.07) is 8.44. The van der Waals surface area contributed by atoms with Crippen molar-refractivity contribution in [3.8, 4) is 5.75 Å². The van der Waals surface area contributed by atoms with Gasteiger partial charge in [0.05, 0.1) is 7.11 Å². The molecule has 0 saturated heterocycles. The van der Waals surface area contributed by atoms with Crippen LogP contribution in [0.25, 0.3) is 0 Å². The maximum atomic E-state index is 10.4. The first-order chi connectivity index (χ1) is 10.2. The molecule has 1 aliphatic carbocycles. The van der Waals surface area contributed by atoms with Gasteiger partial charge in [0.15, 0.2) is 0 Å². The fourth-order valence-electron chi connectivity index (χ4n) is 3.18. The minimum atomic E-state index is -0.849. The van der Waals surface area contributed by atoms with Gasteiger partial charge in [0, 0.05) is 6.08 Å². The first kappa shape index (κ1) is 15.6. The van der Waals surface area contributed by atoms with Gasteiger partial charge in [-0.05, 0) is 68.1 Å². The summed E-state index contributed by atoms with van der Waals surface area (Å²) in [5, 5.41) is 8.55. The van der Waals surface area contributed by atoms with Crippen LogP contribution in [0.3, 0.4) is 0 Å². The van der Waals surface area contributed by atoms with E-state index in [1.165, 1.54) is 37.3 Å². The number of methoxy groups -OCH3 is 1. The molecule has 0 bridgehead atoms. The molecule has 1 N–H and O–H groups in total. The van der Waals surface area contributed by atoms with Crippen LogP contribution in [0.2, 0.25) is 0 Å². The lowest BCUT2D eigenvalue weighted by atomic mass is 9.77. The molecule has 1 aliphatic rings. The van der Waals surface area contributed by atoms with Crippen molar-refractivity contribution in [1.29, 1.82) is 0 Å². The summed E-state index contributed by atoms with van der Waals surface area (Å²) in [7, 11) is 1.69. The van der Waals surface area contributed by atoms with Crippen LogP contribution < -0.4 is 4.74 Å². The molecule has 0 amide bonds. The summed E-state index contributed by atoms with van der Waals surface area (Å²) < 4.78 is 5.20. The molecule has 0 aliphatic heterocycles. The largest absolute Gasteiger partial charge is 0.497 e. The molecule has 0 atom stereocenters. The van der Waals surface area contributed by atoms with Crippen molar-refractivity contribution in [3.05, 3.63) is 42.0 Å². The smallest absolute Gasteiger partial charge is 0.327 e. The van der Waals surface area contributed by atoms with Gasteiger partial charge >= 0.3 is 5.97 Å². The molecule has 1 aromatic rings. The minimum Gasteiger partial charge on any atom is -0.497 e. The fraction of sp³-hybridized carbons (Fsp3) is 0.500. The summed E-state index contributed by atoms with van der Waals surface area (Å²) >= 11 is 0. The van der Waals surface area contributed by atoms with E-state index in [1.54, 1.807) is 13.2 Å². The SMILES string of the molecule is COc1ccc(C2CCC(CC/C=C/C(=O)O)CC2)cc1. The number of allylic oxidation sites excluding steroid dienone is 1. The number of hydrogen-bond acceptors (Lipinski definition) is 2. The predicted octanol–water partition coefficient (Wildman–Crippen LogP) is 4.39. The molecule has 1 saturated carbocycles. The zero-order valence-corrected chi connectivity index (χ0v) is 12.6. The van der Waals surface area contributed by atoms with Crippen molar-refractivity contribution in [3.63, 3.8) is 0 Å². The highest BCUT2D eigenvalue weighted by molar-refractivity contribution is 5.79. The molecular weight excluding hydrogens is 264 g/mol. The second-order valence-corrected chi connectivity index (χ2v) is 5.81. The van der Waals surface area contributed by atoms with Gasteiger partial charge in [-0.1, -0.05) is 18.2 Å². The van der Waals surface area contributed by atoms with Crippen molar-refractivity contribution in [1.82, 2.24) is 0 Å². The lowest BCUT2D eigenvalue weighted by molar-refractivity contribution is -0.131. The maximum Gasteiger partial charge on any atom is 0.327 e. The number of carboxylic acid groups (broad SMARTS) is 1. The normalized spacial score (nSPS) is 22.3. The zero-order chi connectivity index (χ0) is 15.1. The van der Waals surface area contributed by atoms with Gasteiger partial charge < -0.3 is 9.84 Å². The molecule has 0 radical (unpaired) electrons. The van der Waals surface area contributed by atoms with E-state index < -0.39 is 5.97 Å². The number of carbonyl (C=O) groups is 1. The summed E-state index contributed by atoms with van der Waals surface area (Å²) in [5.74, 6) is 1.48. The molecular formula is C18H24O3. The molecule has 114 valence electrons. The molecule has 0 aromatic heterocycles. The quantitative estimate of drug-likeness (QED) is 0.790. The minimum absolute atomic E-state index is 0.668. The lowest BCUT2D eigenvalue weighted by Crippen LogP contribution is -2.13. The van der Waals surface area contributed by atoms with Crippen LogP contribution in [0.1, 0.15) is 50.0 Å². The van der Waals surface area contributed by atoms with E-state index >= 15 is 0 Å². The van der Waals surface area contributed by atoms with Crippen LogP contribution >= 0.6 is 0 Å². The van der Waals surface area contributed by atoms with Crippen molar-refractivity contribution < 1.29 is 14.6 Å². The Morgan fingerprint density at radius 2 is 1.90 bits per heavy atom. The van der Waals surface area contributed by atoms with Crippen LogP contribution in [-0.4, -0.2) is 18.2 Å². The van der Waals surface area contributed by atoms with Gasteiger partial charge in [-0.25, -0.2) is 4.79 Å². The van der Waals surface area contributed by atoms with E-state index in [-0.39, 0.29) is 0 Å². The standard InChI is InChI=1S/C18H24O3/c1-21-17-12-10-16(11-13-17)15-8-6-14(7-9-15)4-2-3-5-18(19)20/h3,5,10-15H,2,4,6-9H2,1H3,(H,19,20)/b5-3+. The topological polar surface area (TPSA) is 46.5 Å². The van der Waals surface area contributed by atoms with E-state index in [0.29, 0.717) is 5.92 Å². The molecule has 1 aromatic carbocycles. The second-order valence-electron chi connectivity index (χ2n) is 5.81. The van der Waals surface area contributed by atoms with E-state index in [1.807, 2.05) is 12.1 Å². The van der Waals surface area contributed by atoms with Crippen LogP contribution in [-0.2, 0) is 4.79 Å². The van der Waals surface area contributed by atoms with E-state index in [2.05, 4.69) is 12.1 Å². The average Bonchev–Trinajstić information content (AvgIpc) is 2.52. The van der Waals surface area contributed by atoms with Crippen molar-refractivity contribution >= 4 is 5.97 Å². The van der Waals surface area contributed by atoms with Gasteiger partial charge in [-0.3, -0.25) is 0 Å². The monoisotopic (exact) mass is 288 g/mol. The molecule has 3 heteroatoms. The Bertz CT molecular complexity index is 468. The average molecular weight is 288 g/mol. The van der Waals surface area contributed by atoms with Crippen LogP contribution in [0.5, 0.6) is 5.75 Å². The second kappa shape index (κ2) is 7.87. The van der Waals surface area contributed by atoms with Gasteiger partial charge in [0.25, 0.3) is 0 Å². The number of aliphatic carboxylic acids is 1. The Morgan fingerprint density at radius 1 is 1.24 bits per heavy atom. The third-order valence-electron chi connectivity index (χ3n) is 4.44. The molecule has 1 fully saturated rings. The summed E-state index contributed by atoms with van der Waals surface area (Å²) in [6.45, 7) is 0. The fourth-order valence-corrected chi connectivity index (χ4v) is 3.18. The number of hydrogen-bond donors (Lipinski definition) is 1. The van der Waals surface area contributed by atoms with E-state index in [9.17, 15) is 4.79 Å². The van der Waals surface area contributed by atoms with Crippen molar-refractivity contribution in [2.24, 2.45) is 5.92 Å². The number of ether oxygens (including phenoxy) is 1. The highest BCUT2D eigenvalue weighted by Gasteiger charge is 2.21. The Kier molecular flexibility index (Phi) is 5.85. The van der Waals surface area contributed by atoms with Crippen LogP contribution in [0.4, 0.5) is 0 Å². The Morgan fingerprint density at radius 3 is 2.48 bits per heavy atom. The summed E-state index contributed by atoms with van der Waals surface area (Å²) in [6.07, 6.45) is 9.98. The molecule has 2 rings (SSSR count). The zero-order valence-electron chi connectivity index (χ0n) is 12.6. The highest BCUT2D eigenvalue weighted by Crippen LogP contribution is 2.37. The van der Waals surface area contributed by atoms with Crippen molar-refractivity contribution in [2.75, 3.05) is 7.11 Å². The molecule has 21 heavy (non-hydrogen) atoms. The van der Waals surface area contributed by atoms with Crippen LogP contribution in [0.15, 0.2) is 36.4 Å². The molecule has 0 spiro atoms. The molecule has 0 heterocycles. The van der Waals surface area contributed by atoms with E-state index in [4.69, 9.17) is 9.84 Å². The first-order valence-corrected chi connectivity index (χ1v) is 7.72. The molecule has 3 nitrogen and oxygen atoms in total. The van der Waals surface area contributed by atoms with Gasteiger partial charge in [0.1, 0.15) is 5.75 Å². The summed E-state index contributed by atoms with van der Waals surface area (Å²) in [5.41, 5.74) is 1.42. The number of rotatable bonds is 6. The van der Waals surface area contributed by atoms with Crippen molar-refractivity contribution in [2.45, 2.75) is 44.4 Å². The Balaban J connectivity index is 1.76. The third-order valence-corrected chi connectivity index (χ3v) is 4.44. The van der Waals surface area contributed by atoms with Gasteiger partial charge in [-0.15, -0.1) is 0 Å². The van der Waals surface area contributed by atoms with Crippen LogP contribution in [0, 0.1) is 5.92 Å². The highest BCUT2D eigenvalue weighted by atomic mass is 16.5. The first-order valence-electron chi connectivity index (χ1n) is 7.72. The Labute approximate surface area is 126 Å². The lowest BCUT2D eigenvalue weighted by Gasteiger charge is -2.28. The number of benzene rings is 1. The van der Waals surface area contributed by atoms with Gasteiger partial charge in [-0.2, -0.15) is 0 Å². The van der Waals surface area contributed by atoms with E-state index in [0.717, 1.165) is 24.5 Å². The third kappa shape index (κ3) is 4.92. The Hall–Kier alpha value is -1.77. The summed E-state index contributed by atoms with van der Waals surface area (Å²) in [4.78, 5) is 10.4. The maximum absolute atomic E-state index is 10.4.